The number of nitrogens with zero attached hydrogens (tertiary/aromatic N) is 1. The van der Waals surface area contributed by atoms with Crippen molar-refractivity contribution in [1.29, 1.82) is 0 Å². The van der Waals surface area contributed by atoms with Gasteiger partial charge in [0.2, 0.25) is 0 Å². The number of aliphatic hydroxyl groups excluding tert-OH is 1. The Morgan fingerprint density at radius 1 is 1.29 bits per heavy atom. The Bertz CT molecular complexity index is 150. The van der Waals surface area contributed by atoms with Gasteiger partial charge in [0.25, 0.3) is 0 Å². The van der Waals surface area contributed by atoms with Crippen molar-refractivity contribution in [3.63, 3.8) is 0 Å². The maximum atomic E-state index is 9.49. The molecule has 1 aliphatic heterocycles. The first-order valence-corrected chi connectivity index (χ1v) is 6.07. The zero-order chi connectivity index (χ0) is 10.6. The summed E-state index contributed by atoms with van der Waals surface area (Å²) in [4.78, 5) is 2.57. The molecule has 0 spiro atoms. The van der Waals surface area contributed by atoms with E-state index in [4.69, 9.17) is 0 Å². The normalized spacial score (nSPS) is 24.9. The van der Waals surface area contributed by atoms with Crippen LogP contribution in [0.4, 0.5) is 0 Å². The van der Waals surface area contributed by atoms with Crippen molar-refractivity contribution >= 4 is 0 Å². The lowest BCUT2D eigenvalue weighted by atomic mass is 9.91. The fourth-order valence-corrected chi connectivity index (χ4v) is 2.44. The topological polar surface area (TPSA) is 23.5 Å². The van der Waals surface area contributed by atoms with Gasteiger partial charge in [-0.25, -0.2) is 0 Å². The summed E-state index contributed by atoms with van der Waals surface area (Å²) >= 11 is 0. The summed E-state index contributed by atoms with van der Waals surface area (Å²) in [7, 11) is 0. The maximum Gasteiger partial charge on any atom is 0.0541 e. The first kappa shape index (κ1) is 12.0. The molecule has 14 heavy (non-hydrogen) atoms. The molecule has 1 heterocycles. The Morgan fingerprint density at radius 2 is 1.86 bits per heavy atom. The van der Waals surface area contributed by atoms with E-state index in [0.29, 0.717) is 5.92 Å². The third-order valence-corrected chi connectivity index (χ3v) is 3.59. The summed E-state index contributed by atoms with van der Waals surface area (Å²) in [6.45, 7) is 8.86. The SMILES string of the molecule is CCCC(C)N1CCC(C(C)O)CC1. The minimum Gasteiger partial charge on any atom is -0.393 e. The maximum absolute atomic E-state index is 9.49. The molecule has 0 amide bonds. The average molecular weight is 199 g/mol. The second kappa shape index (κ2) is 5.72. The number of likely N-dealkylation sites (tertiary alicyclic amines) is 1. The molecule has 1 saturated heterocycles. The van der Waals surface area contributed by atoms with E-state index >= 15 is 0 Å². The summed E-state index contributed by atoms with van der Waals surface area (Å²) in [6, 6.07) is 0.731. The third kappa shape index (κ3) is 3.25. The lowest BCUT2D eigenvalue weighted by Gasteiger charge is -2.37. The number of rotatable bonds is 4. The highest BCUT2D eigenvalue weighted by Gasteiger charge is 2.24. The molecule has 2 atom stereocenters. The molecule has 0 aliphatic carbocycles. The predicted molar refractivity (Wildman–Crippen MR) is 60.3 cm³/mol. The standard InChI is InChI=1S/C12H25NO/c1-4-5-10(2)13-8-6-12(7-9-13)11(3)14/h10-12,14H,4-9H2,1-3H3. The van der Waals surface area contributed by atoms with Crippen LogP contribution in [0.1, 0.15) is 46.5 Å². The highest BCUT2D eigenvalue weighted by Crippen LogP contribution is 2.22. The highest BCUT2D eigenvalue weighted by molar-refractivity contribution is 4.78. The molecule has 1 aliphatic rings. The summed E-state index contributed by atoms with van der Waals surface area (Å²) in [5, 5.41) is 9.49. The van der Waals surface area contributed by atoms with Crippen molar-refractivity contribution in [2.75, 3.05) is 13.1 Å². The molecule has 1 rings (SSSR count). The van der Waals surface area contributed by atoms with Crippen molar-refractivity contribution < 1.29 is 5.11 Å². The van der Waals surface area contributed by atoms with Gasteiger partial charge in [-0.05, 0) is 52.1 Å². The zero-order valence-electron chi connectivity index (χ0n) is 9.87. The van der Waals surface area contributed by atoms with Gasteiger partial charge in [-0.15, -0.1) is 0 Å². The monoisotopic (exact) mass is 199 g/mol. The summed E-state index contributed by atoms with van der Waals surface area (Å²) in [5.74, 6) is 0.542. The fraction of sp³-hybridized carbons (Fsp3) is 1.00. The summed E-state index contributed by atoms with van der Waals surface area (Å²) < 4.78 is 0. The van der Waals surface area contributed by atoms with Crippen LogP contribution in [-0.2, 0) is 0 Å². The molecule has 84 valence electrons. The van der Waals surface area contributed by atoms with Gasteiger partial charge in [0.05, 0.1) is 6.10 Å². The van der Waals surface area contributed by atoms with Crippen LogP contribution in [-0.4, -0.2) is 35.2 Å². The molecule has 1 N–H and O–H groups in total. The van der Waals surface area contributed by atoms with Crippen molar-refractivity contribution in [1.82, 2.24) is 4.90 Å². The molecule has 0 saturated carbocycles. The van der Waals surface area contributed by atoms with E-state index in [1.807, 2.05) is 6.92 Å². The molecule has 0 aromatic heterocycles. The Kier molecular flexibility index (Phi) is 4.90. The molecule has 2 heteroatoms. The molecular formula is C12H25NO. The van der Waals surface area contributed by atoms with Gasteiger partial charge < -0.3 is 10.0 Å². The average Bonchev–Trinajstić information content (AvgIpc) is 2.18. The molecular weight excluding hydrogens is 174 g/mol. The van der Waals surface area contributed by atoms with Gasteiger partial charge >= 0.3 is 0 Å². The second-order valence-electron chi connectivity index (χ2n) is 4.75. The van der Waals surface area contributed by atoms with Crippen LogP contribution in [0.3, 0.4) is 0 Å². The van der Waals surface area contributed by atoms with E-state index in [1.165, 1.54) is 38.8 Å². The van der Waals surface area contributed by atoms with Crippen LogP contribution in [0.2, 0.25) is 0 Å². The van der Waals surface area contributed by atoms with E-state index < -0.39 is 0 Å². The van der Waals surface area contributed by atoms with Crippen LogP contribution in [0.25, 0.3) is 0 Å². The largest absolute Gasteiger partial charge is 0.393 e. The fourth-order valence-electron chi connectivity index (χ4n) is 2.44. The van der Waals surface area contributed by atoms with Gasteiger partial charge in [-0.1, -0.05) is 13.3 Å². The molecule has 2 nitrogen and oxygen atoms in total. The van der Waals surface area contributed by atoms with E-state index in [-0.39, 0.29) is 6.10 Å². The Balaban J connectivity index is 2.28. The first-order valence-electron chi connectivity index (χ1n) is 6.07. The van der Waals surface area contributed by atoms with Crippen LogP contribution < -0.4 is 0 Å². The number of hydrogen-bond donors (Lipinski definition) is 1. The molecule has 0 radical (unpaired) electrons. The van der Waals surface area contributed by atoms with E-state index in [9.17, 15) is 5.11 Å². The summed E-state index contributed by atoms with van der Waals surface area (Å²) in [6.07, 6.45) is 4.81. The van der Waals surface area contributed by atoms with Gasteiger partial charge in [0.1, 0.15) is 0 Å². The van der Waals surface area contributed by atoms with Gasteiger partial charge in [-0.3, -0.25) is 0 Å². The van der Waals surface area contributed by atoms with Gasteiger partial charge in [0, 0.05) is 6.04 Å². The molecule has 2 unspecified atom stereocenters. The van der Waals surface area contributed by atoms with Gasteiger partial charge in [-0.2, -0.15) is 0 Å². The second-order valence-corrected chi connectivity index (χ2v) is 4.75. The minimum atomic E-state index is -0.112. The van der Waals surface area contributed by atoms with Crippen LogP contribution in [0.15, 0.2) is 0 Å². The Hall–Kier alpha value is -0.0800. The lowest BCUT2D eigenvalue weighted by molar-refractivity contribution is 0.0571. The van der Waals surface area contributed by atoms with E-state index in [0.717, 1.165) is 6.04 Å². The van der Waals surface area contributed by atoms with Crippen molar-refractivity contribution in [2.24, 2.45) is 5.92 Å². The number of hydrogen-bond acceptors (Lipinski definition) is 2. The zero-order valence-corrected chi connectivity index (χ0v) is 9.87. The molecule has 0 aromatic carbocycles. The number of aliphatic hydroxyl groups is 1. The van der Waals surface area contributed by atoms with Crippen molar-refractivity contribution in [2.45, 2.75) is 58.6 Å². The Labute approximate surface area is 88.3 Å². The first-order chi connectivity index (χ1) is 6.65. The van der Waals surface area contributed by atoms with Crippen molar-refractivity contribution in [3.8, 4) is 0 Å². The number of piperidine rings is 1. The van der Waals surface area contributed by atoms with Crippen LogP contribution in [0.5, 0.6) is 0 Å². The molecule has 0 aromatic rings. The van der Waals surface area contributed by atoms with E-state index in [2.05, 4.69) is 18.7 Å². The smallest absolute Gasteiger partial charge is 0.0541 e. The summed E-state index contributed by atoms with van der Waals surface area (Å²) in [5.41, 5.74) is 0. The van der Waals surface area contributed by atoms with Crippen LogP contribution >= 0.6 is 0 Å². The Morgan fingerprint density at radius 3 is 2.29 bits per heavy atom. The predicted octanol–water partition coefficient (Wildman–Crippen LogP) is 2.27. The lowest BCUT2D eigenvalue weighted by Crippen LogP contribution is -2.41. The minimum absolute atomic E-state index is 0.112. The van der Waals surface area contributed by atoms with Gasteiger partial charge in [0.15, 0.2) is 0 Å². The third-order valence-electron chi connectivity index (χ3n) is 3.59. The highest BCUT2D eigenvalue weighted by atomic mass is 16.3. The molecule has 1 fully saturated rings. The van der Waals surface area contributed by atoms with Crippen molar-refractivity contribution in [3.05, 3.63) is 0 Å². The van der Waals surface area contributed by atoms with E-state index in [1.54, 1.807) is 0 Å². The quantitative estimate of drug-likeness (QED) is 0.751. The van der Waals surface area contributed by atoms with Crippen LogP contribution in [0, 0.1) is 5.92 Å². The molecule has 0 bridgehead atoms.